The molecule has 298 valence electrons. The van der Waals surface area contributed by atoms with E-state index in [1.807, 2.05) is 54.6 Å². The predicted molar refractivity (Wildman–Crippen MR) is 224 cm³/mol. The molecular weight excluding hydrogens is 749 g/mol. The Morgan fingerprint density at radius 1 is 0.845 bits per heavy atom. The maximum atomic E-state index is 14.3. The SMILES string of the molecule is COc1ccc(C(=O)Nc2ncnc3c2ncn3CC(=O)N[C@@H]2[C@H](OC3(c4ccccc4)c4ccccc4Oc4ccccc43)CC[C@H]2O[Si](C)(C)C(C)(C)C)cc1. The van der Waals surface area contributed by atoms with Gasteiger partial charge in [0, 0.05) is 16.7 Å². The molecule has 13 heteroatoms. The topological polar surface area (TPSA) is 139 Å². The highest BCUT2D eigenvalue weighted by Crippen LogP contribution is 2.54. The Kier molecular flexibility index (Phi) is 10.4. The molecule has 1 fully saturated rings. The Bertz CT molecular complexity index is 2400. The molecule has 1 saturated carbocycles. The van der Waals surface area contributed by atoms with Gasteiger partial charge < -0.3 is 33.8 Å². The van der Waals surface area contributed by atoms with E-state index in [2.05, 4.69) is 83.7 Å². The normalized spacial score (nSPS) is 18.5. The molecule has 8 rings (SSSR count). The highest BCUT2D eigenvalue weighted by atomic mass is 28.4. The minimum atomic E-state index is -2.29. The fraction of sp³-hybridized carbons (Fsp3) is 0.311. The van der Waals surface area contributed by atoms with Gasteiger partial charge >= 0.3 is 0 Å². The lowest BCUT2D eigenvalue weighted by Gasteiger charge is -2.44. The summed E-state index contributed by atoms with van der Waals surface area (Å²) in [6.45, 7) is 11.0. The molecular formula is C45H48N6O6Si. The number of rotatable bonds is 11. The summed E-state index contributed by atoms with van der Waals surface area (Å²) in [7, 11) is -0.724. The molecule has 2 aromatic heterocycles. The number of methoxy groups -OCH3 is 1. The number of hydrogen-bond donors (Lipinski definition) is 2. The molecule has 0 radical (unpaired) electrons. The van der Waals surface area contributed by atoms with Gasteiger partial charge in [-0.1, -0.05) is 87.5 Å². The van der Waals surface area contributed by atoms with Crippen molar-refractivity contribution >= 4 is 37.1 Å². The van der Waals surface area contributed by atoms with Gasteiger partial charge in [0.2, 0.25) is 5.91 Å². The summed E-state index contributed by atoms with van der Waals surface area (Å²) in [5.74, 6) is 1.68. The molecule has 0 unspecified atom stereocenters. The van der Waals surface area contributed by atoms with Crippen LogP contribution in [-0.2, 0) is 26.1 Å². The van der Waals surface area contributed by atoms with Gasteiger partial charge in [-0.15, -0.1) is 0 Å². The lowest BCUT2D eigenvalue weighted by molar-refractivity contribution is -0.126. The molecule has 2 N–H and O–H groups in total. The van der Waals surface area contributed by atoms with Crippen LogP contribution in [0.15, 0.2) is 116 Å². The van der Waals surface area contributed by atoms with Crippen LogP contribution in [0.25, 0.3) is 11.2 Å². The fourth-order valence-corrected chi connectivity index (χ4v) is 9.07. The van der Waals surface area contributed by atoms with Gasteiger partial charge in [-0.25, -0.2) is 15.0 Å². The zero-order chi connectivity index (χ0) is 40.7. The van der Waals surface area contributed by atoms with Crippen LogP contribution in [0.2, 0.25) is 18.1 Å². The highest BCUT2D eigenvalue weighted by Gasteiger charge is 2.52. The molecule has 12 nitrogen and oxygen atoms in total. The van der Waals surface area contributed by atoms with Crippen LogP contribution in [0.1, 0.15) is 60.7 Å². The molecule has 0 saturated heterocycles. The summed E-state index contributed by atoms with van der Waals surface area (Å²) in [6, 6.07) is 32.5. The van der Waals surface area contributed by atoms with Gasteiger partial charge in [0.15, 0.2) is 30.9 Å². The maximum absolute atomic E-state index is 14.3. The van der Waals surface area contributed by atoms with Crippen molar-refractivity contribution in [2.75, 3.05) is 12.4 Å². The molecule has 6 aromatic rings. The highest BCUT2D eigenvalue weighted by molar-refractivity contribution is 6.74. The van der Waals surface area contributed by atoms with Crippen LogP contribution in [0.3, 0.4) is 0 Å². The number of benzene rings is 4. The van der Waals surface area contributed by atoms with E-state index in [0.29, 0.717) is 46.8 Å². The van der Waals surface area contributed by atoms with E-state index in [9.17, 15) is 9.59 Å². The molecule has 2 aliphatic rings. The van der Waals surface area contributed by atoms with Gasteiger partial charge in [-0.05, 0) is 72.9 Å². The number of amides is 2. The van der Waals surface area contributed by atoms with E-state index >= 15 is 0 Å². The van der Waals surface area contributed by atoms with E-state index in [4.69, 9.17) is 18.6 Å². The van der Waals surface area contributed by atoms with Crippen molar-refractivity contribution in [1.82, 2.24) is 24.8 Å². The molecule has 1 aliphatic carbocycles. The van der Waals surface area contributed by atoms with Crippen LogP contribution in [0.5, 0.6) is 17.2 Å². The number of nitrogens with one attached hydrogen (secondary N) is 2. The van der Waals surface area contributed by atoms with Crippen molar-refractivity contribution < 1.29 is 28.2 Å². The minimum Gasteiger partial charge on any atom is -0.497 e. The van der Waals surface area contributed by atoms with Gasteiger partial charge in [-0.2, -0.15) is 0 Å². The number of ether oxygens (including phenoxy) is 3. The summed E-state index contributed by atoms with van der Waals surface area (Å²) in [6.07, 6.45) is 3.50. The van der Waals surface area contributed by atoms with Crippen LogP contribution >= 0.6 is 0 Å². The fourth-order valence-electron chi connectivity index (χ4n) is 7.69. The van der Waals surface area contributed by atoms with E-state index in [0.717, 1.165) is 16.7 Å². The van der Waals surface area contributed by atoms with Crippen molar-refractivity contribution in [2.45, 2.75) is 82.1 Å². The Labute approximate surface area is 339 Å². The maximum Gasteiger partial charge on any atom is 0.256 e. The van der Waals surface area contributed by atoms with E-state index in [1.54, 1.807) is 35.9 Å². The molecule has 1 aliphatic heterocycles. The first kappa shape index (κ1) is 39.0. The third-order valence-corrected chi connectivity index (χ3v) is 16.2. The van der Waals surface area contributed by atoms with Crippen LogP contribution in [0.4, 0.5) is 5.82 Å². The smallest absolute Gasteiger partial charge is 0.256 e. The summed E-state index contributed by atoms with van der Waals surface area (Å²) < 4.78 is 28.0. The number of hydrogen-bond acceptors (Lipinski definition) is 9. The third kappa shape index (κ3) is 7.25. The van der Waals surface area contributed by atoms with Crippen molar-refractivity contribution in [3.63, 3.8) is 0 Å². The second-order valence-corrected chi connectivity index (χ2v) is 21.1. The van der Waals surface area contributed by atoms with Crippen LogP contribution < -0.4 is 20.1 Å². The van der Waals surface area contributed by atoms with Crippen molar-refractivity contribution in [1.29, 1.82) is 0 Å². The lowest BCUT2D eigenvalue weighted by atomic mass is 9.77. The number of para-hydroxylation sites is 2. The molecule has 0 bridgehead atoms. The first-order chi connectivity index (χ1) is 27.9. The van der Waals surface area contributed by atoms with Crippen molar-refractivity contribution in [2.24, 2.45) is 0 Å². The molecule has 2 amide bonds. The summed E-state index contributed by atoms with van der Waals surface area (Å²) in [5, 5.41) is 6.15. The van der Waals surface area contributed by atoms with E-state index in [1.165, 1.54) is 12.7 Å². The first-order valence-electron chi connectivity index (χ1n) is 19.6. The van der Waals surface area contributed by atoms with Gasteiger partial charge in [-0.3, -0.25) is 9.59 Å². The standard InChI is InChI=1S/C45H48N6O6Si/c1-44(2,3)58(5,6)57-37-25-24-36(56-45(30-14-8-7-9-15-30)32-16-10-12-18-34(32)55-35-19-13-11-17-33(35)45)39(37)49-38(52)26-51-28-48-40-41(46-27-47-42(40)51)50-43(53)29-20-22-31(54-4)23-21-29/h7-23,27-28,36-37,39H,24-26H2,1-6H3,(H,49,52)(H,46,47,50,53)/t36-,37-,39-/m1/s1. The predicted octanol–water partition coefficient (Wildman–Crippen LogP) is 8.24. The number of carbonyl (C=O) groups excluding carboxylic acids is 2. The second kappa shape index (κ2) is 15.5. The number of fused-ring (bicyclic) bond motifs is 3. The van der Waals surface area contributed by atoms with Crippen molar-refractivity contribution in [3.8, 4) is 17.2 Å². The number of anilines is 1. The first-order valence-corrected chi connectivity index (χ1v) is 22.5. The summed E-state index contributed by atoms with van der Waals surface area (Å²) in [5.41, 5.74) is 2.88. The average molecular weight is 797 g/mol. The number of imidazole rings is 1. The average Bonchev–Trinajstić information content (AvgIpc) is 3.80. The quantitative estimate of drug-likeness (QED) is 0.124. The monoisotopic (exact) mass is 796 g/mol. The zero-order valence-electron chi connectivity index (χ0n) is 33.6. The third-order valence-electron chi connectivity index (χ3n) is 11.7. The number of carbonyl (C=O) groups is 2. The minimum absolute atomic E-state index is 0.0553. The molecule has 58 heavy (non-hydrogen) atoms. The lowest BCUT2D eigenvalue weighted by Crippen LogP contribution is -2.54. The number of nitrogens with zero attached hydrogens (tertiary/aromatic N) is 4. The molecule has 0 spiro atoms. The zero-order valence-corrected chi connectivity index (χ0v) is 34.6. The van der Waals surface area contributed by atoms with Crippen molar-refractivity contribution in [3.05, 3.63) is 138 Å². The van der Waals surface area contributed by atoms with Gasteiger partial charge in [0.1, 0.15) is 30.1 Å². The molecule has 4 aromatic carbocycles. The Balaban J connectivity index is 1.11. The van der Waals surface area contributed by atoms with Gasteiger partial charge in [0.05, 0.1) is 31.7 Å². The van der Waals surface area contributed by atoms with Crippen LogP contribution in [0, 0.1) is 0 Å². The largest absolute Gasteiger partial charge is 0.497 e. The van der Waals surface area contributed by atoms with E-state index < -0.39 is 26.1 Å². The van der Waals surface area contributed by atoms with Gasteiger partial charge in [0.25, 0.3) is 5.91 Å². The number of aromatic nitrogens is 4. The Hall–Kier alpha value is -5.89. The van der Waals surface area contributed by atoms with E-state index in [-0.39, 0.29) is 35.3 Å². The molecule has 3 heterocycles. The second-order valence-electron chi connectivity index (χ2n) is 16.3. The van der Waals surface area contributed by atoms with Crippen LogP contribution in [-0.4, -0.2) is 65.0 Å². The Morgan fingerprint density at radius 3 is 2.14 bits per heavy atom. The summed E-state index contributed by atoms with van der Waals surface area (Å²) >= 11 is 0. The summed E-state index contributed by atoms with van der Waals surface area (Å²) in [4.78, 5) is 40.7. The molecule has 3 atom stereocenters. The Morgan fingerprint density at radius 2 is 1.48 bits per heavy atom.